The smallest absolute Gasteiger partial charge is 0.339 e. The number of esters is 1. The summed E-state index contributed by atoms with van der Waals surface area (Å²) in [5.41, 5.74) is 0.601. The van der Waals surface area contributed by atoms with Crippen molar-refractivity contribution in [1.29, 1.82) is 0 Å². The first-order valence-corrected chi connectivity index (χ1v) is 8.32. The minimum absolute atomic E-state index is 0.285. The van der Waals surface area contributed by atoms with Crippen molar-refractivity contribution in [3.63, 3.8) is 0 Å². The molecule has 110 valence electrons. The van der Waals surface area contributed by atoms with Crippen LogP contribution >= 0.6 is 34.4 Å². The number of ether oxygens (including phenoxy) is 2. The molecule has 2 aromatic carbocycles. The molecule has 0 aromatic heterocycles. The highest BCUT2D eigenvalue weighted by molar-refractivity contribution is 14.1. The van der Waals surface area contributed by atoms with E-state index in [1.54, 1.807) is 7.11 Å². The maximum atomic E-state index is 12.0. The number of benzene rings is 2. The van der Waals surface area contributed by atoms with Gasteiger partial charge in [-0.25, -0.2) is 4.79 Å². The van der Waals surface area contributed by atoms with Crippen molar-refractivity contribution >= 4 is 40.3 Å². The summed E-state index contributed by atoms with van der Waals surface area (Å²) in [6, 6.07) is 13.5. The minimum atomic E-state index is -0.285. The van der Waals surface area contributed by atoms with Crippen LogP contribution in [0.15, 0.2) is 52.3 Å². The van der Waals surface area contributed by atoms with E-state index < -0.39 is 0 Å². The molecular weight excluding hydrogens is 399 g/mol. The van der Waals surface area contributed by atoms with E-state index in [4.69, 9.17) is 9.47 Å². The maximum absolute atomic E-state index is 12.0. The summed E-state index contributed by atoms with van der Waals surface area (Å²) in [5, 5.41) is 0. The van der Waals surface area contributed by atoms with Gasteiger partial charge < -0.3 is 9.47 Å². The average Bonchev–Trinajstić information content (AvgIpc) is 2.50. The van der Waals surface area contributed by atoms with Gasteiger partial charge in [0.15, 0.2) is 0 Å². The molecular formula is C16H15IO3S. The first kappa shape index (κ1) is 16.2. The molecule has 5 heteroatoms. The second kappa shape index (κ2) is 7.70. The van der Waals surface area contributed by atoms with Gasteiger partial charge in [-0.3, -0.25) is 0 Å². The molecule has 0 aliphatic rings. The number of carbonyl (C=O) groups excluding carboxylic acids is 1. The van der Waals surface area contributed by atoms with Crippen LogP contribution < -0.4 is 4.74 Å². The number of methoxy groups -OCH3 is 1. The SMILES string of the molecule is CCOC(=O)c1cc(I)ccc1Sc1ccc(OC)cc1. The predicted molar refractivity (Wildman–Crippen MR) is 92.2 cm³/mol. The quantitative estimate of drug-likeness (QED) is 0.528. The van der Waals surface area contributed by atoms with Crippen LogP contribution in [0.2, 0.25) is 0 Å². The normalized spacial score (nSPS) is 10.2. The molecule has 0 aliphatic carbocycles. The summed E-state index contributed by atoms with van der Waals surface area (Å²) in [4.78, 5) is 14.0. The predicted octanol–water partition coefficient (Wildman–Crippen LogP) is 4.63. The maximum Gasteiger partial charge on any atom is 0.339 e. The van der Waals surface area contributed by atoms with Crippen LogP contribution in [0.3, 0.4) is 0 Å². The molecule has 2 rings (SSSR count). The summed E-state index contributed by atoms with van der Waals surface area (Å²) in [5.74, 6) is 0.527. The Morgan fingerprint density at radius 2 is 1.90 bits per heavy atom. The number of halogens is 1. The zero-order valence-corrected chi connectivity index (χ0v) is 14.7. The molecule has 3 nitrogen and oxygen atoms in total. The van der Waals surface area contributed by atoms with Gasteiger partial charge in [-0.2, -0.15) is 0 Å². The van der Waals surface area contributed by atoms with Gasteiger partial charge in [-0.15, -0.1) is 0 Å². The van der Waals surface area contributed by atoms with Crippen molar-refractivity contribution in [3.05, 3.63) is 51.6 Å². The first-order valence-electron chi connectivity index (χ1n) is 6.42. The molecule has 0 saturated carbocycles. The lowest BCUT2D eigenvalue weighted by molar-refractivity contribution is 0.0522. The third-order valence-electron chi connectivity index (χ3n) is 2.72. The number of carbonyl (C=O) groups is 1. The van der Waals surface area contributed by atoms with E-state index >= 15 is 0 Å². The van der Waals surface area contributed by atoms with E-state index in [1.165, 1.54) is 11.8 Å². The summed E-state index contributed by atoms with van der Waals surface area (Å²) >= 11 is 3.73. The Morgan fingerprint density at radius 1 is 1.19 bits per heavy atom. The molecule has 0 aliphatic heterocycles. The third-order valence-corrected chi connectivity index (χ3v) is 4.48. The Balaban J connectivity index is 2.27. The fourth-order valence-electron chi connectivity index (χ4n) is 1.73. The van der Waals surface area contributed by atoms with Gasteiger partial charge in [0.05, 0.1) is 19.3 Å². The van der Waals surface area contributed by atoms with Crippen LogP contribution in [-0.4, -0.2) is 19.7 Å². The molecule has 0 N–H and O–H groups in total. The van der Waals surface area contributed by atoms with Gasteiger partial charge >= 0.3 is 5.97 Å². The lowest BCUT2D eigenvalue weighted by Gasteiger charge is -2.09. The van der Waals surface area contributed by atoms with Crippen LogP contribution in [0, 0.1) is 3.57 Å². The molecule has 0 unspecified atom stereocenters. The zero-order valence-electron chi connectivity index (χ0n) is 11.8. The van der Waals surface area contributed by atoms with Gasteiger partial charge in [0.2, 0.25) is 0 Å². The highest BCUT2D eigenvalue weighted by Gasteiger charge is 2.14. The topological polar surface area (TPSA) is 35.5 Å². The Labute approximate surface area is 142 Å². The Kier molecular flexibility index (Phi) is 5.93. The van der Waals surface area contributed by atoms with E-state index in [2.05, 4.69) is 22.6 Å². The fraction of sp³-hybridized carbons (Fsp3) is 0.188. The first-order chi connectivity index (χ1) is 10.1. The van der Waals surface area contributed by atoms with E-state index in [0.29, 0.717) is 12.2 Å². The summed E-state index contributed by atoms with van der Waals surface area (Å²) in [6.07, 6.45) is 0. The van der Waals surface area contributed by atoms with E-state index in [0.717, 1.165) is 19.1 Å². The van der Waals surface area contributed by atoms with Gasteiger partial charge in [0, 0.05) is 13.4 Å². The Hall–Kier alpha value is -1.21. The molecule has 0 heterocycles. The zero-order chi connectivity index (χ0) is 15.2. The third kappa shape index (κ3) is 4.38. The second-order valence-corrected chi connectivity index (χ2v) is 6.50. The van der Waals surface area contributed by atoms with Crippen LogP contribution in [0.25, 0.3) is 0 Å². The lowest BCUT2D eigenvalue weighted by Crippen LogP contribution is -2.06. The summed E-state index contributed by atoms with van der Waals surface area (Å²) < 4.78 is 11.3. The van der Waals surface area contributed by atoms with Crippen molar-refractivity contribution in [2.24, 2.45) is 0 Å². The largest absolute Gasteiger partial charge is 0.497 e. The van der Waals surface area contributed by atoms with Crippen molar-refractivity contribution in [3.8, 4) is 5.75 Å². The Bertz CT molecular complexity index is 626. The number of hydrogen-bond donors (Lipinski definition) is 0. The van der Waals surface area contributed by atoms with Gasteiger partial charge in [-0.05, 0) is 72.0 Å². The van der Waals surface area contributed by atoms with Crippen LogP contribution in [0.1, 0.15) is 17.3 Å². The molecule has 0 spiro atoms. The van der Waals surface area contributed by atoms with E-state index in [1.807, 2.05) is 49.4 Å². The van der Waals surface area contributed by atoms with E-state index in [-0.39, 0.29) is 5.97 Å². The molecule has 0 bridgehead atoms. The number of rotatable bonds is 5. The fourth-order valence-corrected chi connectivity index (χ4v) is 3.14. The van der Waals surface area contributed by atoms with Crippen molar-refractivity contribution < 1.29 is 14.3 Å². The van der Waals surface area contributed by atoms with Gasteiger partial charge in [0.1, 0.15) is 5.75 Å². The number of hydrogen-bond acceptors (Lipinski definition) is 4. The van der Waals surface area contributed by atoms with Crippen molar-refractivity contribution in [1.82, 2.24) is 0 Å². The highest BCUT2D eigenvalue weighted by Crippen LogP contribution is 2.32. The second-order valence-electron chi connectivity index (χ2n) is 4.14. The molecule has 0 amide bonds. The van der Waals surface area contributed by atoms with E-state index in [9.17, 15) is 4.79 Å². The van der Waals surface area contributed by atoms with Gasteiger partial charge in [0.25, 0.3) is 0 Å². The summed E-state index contributed by atoms with van der Waals surface area (Å²) in [7, 11) is 1.64. The monoisotopic (exact) mass is 414 g/mol. The van der Waals surface area contributed by atoms with Crippen LogP contribution in [0.4, 0.5) is 0 Å². The van der Waals surface area contributed by atoms with Gasteiger partial charge in [-0.1, -0.05) is 11.8 Å². The molecule has 21 heavy (non-hydrogen) atoms. The van der Waals surface area contributed by atoms with Crippen LogP contribution in [0.5, 0.6) is 5.75 Å². The minimum Gasteiger partial charge on any atom is -0.497 e. The standard InChI is InChI=1S/C16H15IO3S/c1-3-20-16(18)14-10-11(17)4-9-15(14)21-13-7-5-12(19-2)6-8-13/h4-10H,3H2,1-2H3. The summed E-state index contributed by atoms with van der Waals surface area (Å²) in [6.45, 7) is 2.18. The Morgan fingerprint density at radius 3 is 2.52 bits per heavy atom. The molecule has 0 atom stereocenters. The van der Waals surface area contributed by atoms with Crippen molar-refractivity contribution in [2.75, 3.05) is 13.7 Å². The molecule has 0 fully saturated rings. The molecule has 0 saturated heterocycles. The highest BCUT2D eigenvalue weighted by atomic mass is 127. The van der Waals surface area contributed by atoms with Crippen molar-refractivity contribution in [2.45, 2.75) is 16.7 Å². The lowest BCUT2D eigenvalue weighted by atomic mass is 10.2. The molecule has 2 aromatic rings. The average molecular weight is 414 g/mol. The molecule has 0 radical (unpaired) electrons. The van der Waals surface area contributed by atoms with Crippen LogP contribution in [-0.2, 0) is 4.74 Å².